The number of aromatic nitrogens is 2. The molecule has 2 N–H and O–H groups in total. The second-order valence-electron chi connectivity index (χ2n) is 5.14. The van der Waals surface area contributed by atoms with Gasteiger partial charge in [0.1, 0.15) is 5.69 Å². The normalized spacial score (nSPS) is 10.1. The van der Waals surface area contributed by atoms with Gasteiger partial charge >= 0.3 is 0 Å². The molecular formula is C17H20N4O. The maximum absolute atomic E-state index is 12.3. The molecule has 1 amide bonds. The summed E-state index contributed by atoms with van der Waals surface area (Å²) in [6.45, 7) is 10.0. The lowest BCUT2D eigenvalue weighted by Gasteiger charge is -2.09. The van der Waals surface area contributed by atoms with Gasteiger partial charge in [-0.15, -0.1) is 6.58 Å². The summed E-state index contributed by atoms with van der Waals surface area (Å²) in [5.41, 5.74) is 4.13. The van der Waals surface area contributed by atoms with Crippen molar-refractivity contribution < 1.29 is 4.79 Å². The molecule has 1 heterocycles. The lowest BCUT2D eigenvalue weighted by molar-refractivity contribution is 0.102. The molecule has 0 saturated carbocycles. The van der Waals surface area contributed by atoms with E-state index in [2.05, 4.69) is 27.2 Å². The van der Waals surface area contributed by atoms with Gasteiger partial charge in [0.2, 0.25) is 5.95 Å². The fourth-order valence-corrected chi connectivity index (χ4v) is 1.94. The number of carbonyl (C=O) groups is 1. The number of anilines is 2. The van der Waals surface area contributed by atoms with Crippen LogP contribution in [0.3, 0.4) is 0 Å². The van der Waals surface area contributed by atoms with Crippen molar-refractivity contribution >= 4 is 17.5 Å². The molecule has 0 aliphatic heterocycles. The van der Waals surface area contributed by atoms with Crippen LogP contribution in [0.1, 0.15) is 27.3 Å². The number of hydrogen-bond acceptors (Lipinski definition) is 4. The smallest absolute Gasteiger partial charge is 0.274 e. The summed E-state index contributed by atoms with van der Waals surface area (Å²) in [6.07, 6.45) is 1.71. The standard InChI is InChI=1S/C17H20N4O/c1-5-8-18-17-19-13(4)10-15(21-17)16(22)20-14-7-6-11(2)12(3)9-14/h5-7,9-10H,1,8H2,2-4H3,(H,20,22)(H,18,19,21). The molecule has 0 saturated heterocycles. The Morgan fingerprint density at radius 1 is 1.18 bits per heavy atom. The van der Waals surface area contributed by atoms with Crippen LogP contribution in [-0.4, -0.2) is 22.4 Å². The summed E-state index contributed by atoms with van der Waals surface area (Å²) in [6, 6.07) is 7.46. The third kappa shape index (κ3) is 3.91. The highest BCUT2D eigenvalue weighted by atomic mass is 16.1. The zero-order valence-corrected chi connectivity index (χ0v) is 13.1. The van der Waals surface area contributed by atoms with Crippen LogP contribution >= 0.6 is 0 Å². The minimum atomic E-state index is -0.254. The first-order valence-corrected chi connectivity index (χ1v) is 7.08. The average molecular weight is 296 g/mol. The Morgan fingerprint density at radius 3 is 2.64 bits per heavy atom. The van der Waals surface area contributed by atoms with Gasteiger partial charge < -0.3 is 10.6 Å². The van der Waals surface area contributed by atoms with Gasteiger partial charge in [-0.3, -0.25) is 4.79 Å². The molecule has 5 nitrogen and oxygen atoms in total. The van der Waals surface area contributed by atoms with Crippen LogP contribution in [-0.2, 0) is 0 Å². The summed E-state index contributed by atoms with van der Waals surface area (Å²) in [7, 11) is 0. The molecule has 5 heteroatoms. The zero-order valence-electron chi connectivity index (χ0n) is 13.1. The van der Waals surface area contributed by atoms with E-state index in [1.54, 1.807) is 12.1 Å². The Kier molecular flexibility index (Phi) is 4.88. The Balaban J connectivity index is 2.19. The van der Waals surface area contributed by atoms with Crippen LogP contribution in [0, 0.1) is 20.8 Å². The quantitative estimate of drug-likeness (QED) is 0.831. The topological polar surface area (TPSA) is 66.9 Å². The number of nitrogens with zero attached hydrogens (tertiary/aromatic N) is 2. The molecule has 0 aliphatic carbocycles. The highest BCUT2D eigenvalue weighted by Crippen LogP contribution is 2.15. The van der Waals surface area contributed by atoms with Gasteiger partial charge in [0.15, 0.2) is 0 Å². The number of benzene rings is 1. The summed E-state index contributed by atoms with van der Waals surface area (Å²) in [5, 5.41) is 5.85. The average Bonchev–Trinajstić information content (AvgIpc) is 2.48. The van der Waals surface area contributed by atoms with Gasteiger partial charge in [-0.05, 0) is 50.1 Å². The van der Waals surface area contributed by atoms with E-state index in [-0.39, 0.29) is 5.91 Å². The summed E-state index contributed by atoms with van der Waals surface area (Å²) in [4.78, 5) is 20.8. The van der Waals surface area contributed by atoms with E-state index in [9.17, 15) is 4.79 Å². The molecule has 0 spiro atoms. The van der Waals surface area contributed by atoms with Crippen molar-refractivity contribution in [2.24, 2.45) is 0 Å². The summed E-state index contributed by atoms with van der Waals surface area (Å²) in [5.74, 6) is 0.167. The summed E-state index contributed by atoms with van der Waals surface area (Å²) < 4.78 is 0. The highest BCUT2D eigenvalue weighted by Gasteiger charge is 2.11. The SMILES string of the molecule is C=CCNc1nc(C)cc(C(=O)Nc2ccc(C)c(C)c2)n1. The van der Waals surface area contributed by atoms with Crippen LogP contribution in [0.5, 0.6) is 0 Å². The van der Waals surface area contributed by atoms with Crippen molar-refractivity contribution in [3.8, 4) is 0 Å². The lowest BCUT2D eigenvalue weighted by Crippen LogP contribution is -2.16. The van der Waals surface area contributed by atoms with Crippen LogP contribution in [0.2, 0.25) is 0 Å². The molecule has 0 unspecified atom stereocenters. The van der Waals surface area contributed by atoms with Gasteiger partial charge in [0.05, 0.1) is 0 Å². The number of hydrogen-bond donors (Lipinski definition) is 2. The highest BCUT2D eigenvalue weighted by molar-refractivity contribution is 6.03. The van der Waals surface area contributed by atoms with Crippen molar-refractivity contribution in [3.05, 3.63) is 59.4 Å². The number of amides is 1. The third-order valence-electron chi connectivity index (χ3n) is 3.26. The van der Waals surface area contributed by atoms with E-state index in [0.717, 1.165) is 16.9 Å². The van der Waals surface area contributed by atoms with Gasteiger partial charge in [0.25, 0.3) is 5.91 Å². The molecule has 2 rings (SSSR count). The second kappa shape index (κ2) is 6.85. The van der Waals surface area contributed by atoms with Crippen molar-refractivity contribution in [3.63, 3.8) is 0 Å². The lowest BCUT2D eigenvalue weighted by atomic mass is 10.1. The number of aryl methyl sites for hydroxylation is 3. The predicted octanol–water partition coefficient (Wildman–Crippen LogP) is 3.25. The molecule has 1 aromatic carbocycles. The number of nitrogens with one attached hydrogen (secondary N) is 2. The molecule has 0 radical (unpaired) electrons. The molecule has 22 heavy (non-hydrogen) atoms. The van der Waals surface area contributed by atoms with Crippen molar-refractivity contribution in [2.75, 3.05) is 17.2 Å². The Labute approximate surface area is 130 Å². The van der Waals surface area contributed by atoms with Gasteiger partial charge in [-0.1, -0.05) is 12.1 Å². The molecular weight excluding hydrogens is 276 g/mol. The molecule has 0 fully saturated rings. The Hall–Kier alpha value is -2.69. The van der Waals surface area contributed by atoms with Gasteiger partial charge in [-0.25, -0.2) is 9.97 Å². The van der Waals surface area contributed by atoms with Gasteiger partial charge in [0, 0.05) is 17.9 Å². The zero-order chi connectivity index (χ0) is 16.1. The molecule has 0 aliphatic rings. The third-order valence-corrected chi connectivity index (χ3v) is 3.26. The fourth-order valence-electron chi connectivity index (χ4n) is 1.94. The monoisotopic (exact) mass is 296 g/mol. The van der Waals surface area contributed by atoms with Crippen LogP contribution in [0.25, 0.3) is 0 Å². The first-order valence-electron chi connectivity index (χ1n) is 7.08. The molecule has 114 valence electrons. The van der Waals surface area contributed by atoms with E-state index < -0.39 is 0 Å². The van der Waals surface area contributed by atoms with Crippen LogP contribution in [0.4, 0.5) is 11.6 Å². The van der Waals surface area contributed by atoms with Gasteiger partial charge in [-0.2, -0.15) is 0 Å². The fraction of sp³-hybridized carbons (Fsp3) is 0.235. The maximum Gasteiger partial charge on any atom is 0.274 e. The minimum Gasteiger partial charge on any atom is -0.351 e. The molecule has 0 bridgehead atoms. The Bertz CT molecular complexity index is 710. The molecule has 0 atom stereocenters. The van der Waals surface area contributed by atoms with E-state index >= 15 is 0 Å². The first-order chi connectivity index (χ1) is 10.5. The van der Waals surface area contributed by atoms with Crippen molar-refractivity contribution in [1.82, 2.24) is 9.97 Å². The maximum atomic E-state index is 12.3. The van der Waals surface area contributed by atoms with E-state index in [4.69, 9.17) is 0 Å². The predicted molar refractivity (Wildman–Crippen MR) is 89.3 cm³/mol. The number of rotatable bonds is 5. The summed E-state index contributed by atoms with van der Waals surface area (Å²) >= 11 is 0. The van der Waals surface area contributed by atoms with E-state index in [0.29, 0.717) is 18.2 Å². The molecule has 2 aromatic rings. The van der Waals surface area contributed by atoms with Crippen molar-refractivity contribution in [1.29, 1.82) is 0 Å². The Morgan fingerprint density at radius 2 is 1.95 bits per heavy atom. The number of carbonyl (C=O) groups excluding carboxylic acids is 1. The first kappa shape index (κ1) is 15.7. The minimum absolute atomic E-state index is 0.254. The second-order valence-corrected chi connectivity index (χ2v) is 5.14. The van der Waals surface area contributed by atoms with Crippen molar-refractivity contribution in [2.45, 2.75) is 20.8 Å². The molecule has 1 aromatic heterocycles. The largest absolute Gasteiger partial charge is 0.351 e. The van der Waals surface area contributed by atoms with E-state index in [1.807, 2.05) is 39.0 Å². The van der Waals surface area contributed by atoms with Crippen LogP contribution < -0.4 is 10.6 Å². The van der Waals surface area contributed by atoms with Crippen LogP contribution in [0.15, 0.2) is 36.9 Å². The van der Waals surface area contributed by atoms with E-state index in [1.165, 1.54) is 5.56 Å².